The summed E-state index contributed by atoms with van der Waals surface area (Å²) in [6, 6.07) is 12.7. The molecule has 0 saturated heterocycles. The molecule has 1 amide bonds. The maximum atomic E-state index is 13.6. The van der Waals surface area contributed by atoms with Gasteiger partial charge in [-0.1, -0.05) is 30.3 Å². The van der Waals surface area contributed by atoms with Crippen molar-refractivity contribution in [1.29, 1.82) is 0 Å². The van der Waals surface area contributed by atoms with Gasteiger partial charge in [-0.2, -0.15) is 5.10 Å². The lowest BCUT2D eigenvalue weighted by Gasteiger charge is -2.11. The predicted octanol–water partition coefficient (Wildman–Crippen LogP) is 3.14. The first-order valence-corrected chi connectivity index (χ1v) is 7.41. The molecule has 1 aromatic heterocycles. The topological polar surface area (TPSA) is 46.9 Å². The number of hydrogen-bond donors (Lipinski definition) is 1. The molecule has 0 radical (unpaired) electrons. The average molecular weight is 327 g/mol. The fourth-order valence-electron chi connectivity index (χ4n) is 2.43. The van der Waals surface area contributed by atoms with E-state index < -0.39 is 23.1 Å². The second-order valence-corrected chi connectivity index (χ2v) is 5.25. The number of amides is 1. The Labute approximate surface area is 137 Å². The maximum Gasteiger partial charge on any atom is 0.257 e. The van der Waals surface area contributed by atoms with Crippen molar-refractivity contribution in [3.05, 3.63) is 89.2 Å². The van der Waals surface area contributed by atoms with E-state index in [-0.39, 0.29) is 6.54 Å². The molecule has 2 aromatic carbocycles. The molecule has 0 aliphatic heterocycles. The van der Waals surface area contributed by atoms with Gasteiger partial charge in [0, 0.05) is 18.9 Å². The van der Waals surface area contributed by atoms with E-state index in [0.717, 1.165) is 23.3 Å². The van der Waals surface area contributed by atoms with Gasteiger partial charge in [-0.15, -0.1) is 0 Å². The van der Waals surface area contributed by atoms with Gasteiger partial charge in [0.05, 0.1) is 6.54 Å². The second-order valence-electron chi connectivity index (χ2n) is 5.25. The third-order valence-electron chi connectivity index (χ3n) is 3.64. The van der Waals surface area contributed by atoms with E-state index in [4.69, 9.17) is 0 Å². The van der Waals surface area contributed by atoms with Gasteiger partial charge in [0.25, 0.3) is 5.91 Å². The van der Waals surface area contributed by atoms with Crippen LogP contribution >= 0.6 is 0 Å². The molecular weight excluding hydrogens is 312 g/mol. The van der Waals surface area contributed by atoms with E-state index in [1.54, 1.807) is 10.9 Å². The lowest BCUT2D eigenvalue weighted by Crippen LogP contribution is -2.25. The number of aromatic nitrogens is 2. The average Bonchev–Trinajstić information content (AvgIpc) is 3.07. The summed E-state index contributed by atoms with van der Waals surface area (Å²) in [5, 5.41) is 6.72. The summed E-state index contributed by atoms with van der Waals surface area (Å²) in [7, 11) is 0. The number of carbonyl (C=O) groups excluding carboxylic acids is 1. The molecule has 6 heteroatoms. The lowest BCUT2D eigenvalue weighted by atomic mass is 10.1. The van der Waals surface area contributed by atoms with Crippen molar-refractivity contribution in [2.75, 3.05) is 0 Å². The van der Waals surface area contributed by atoms with Crippen molar-refractivity contribution in [2.45, 2.75) is 13.1 Å². The van der Waals surface area contributed by atoms with Crippen molar-refractivity contribution in [1.82, 2.24) is 15.1 Å². The number of hydrogen-bond acceptors (Lipinski definition) is 2. The molecule has 3 rings (SSSR count). The van der Waals surface area contributed by atoms with Gasteiger partial charge in [-0.25, -0.2) is 8.78 Å². The maximum absolute atomic E-state index is 13.6. The highest BCUT2D eigenvalue weighted by atomic mass is 19.1. The van der Waals surface area contributed by atoms with Crippen molar-refractivity contribution in [2.24, 2.45) is 0 Å². The number of halogens is 2. The SMILES string of the molecule is O=C(NCc1ccccc1Cn1cccn1)c1c(F)cccc1F. The van der Waals surface area contributed by atoms with Crippen molar-refractivity contribution >= 4 is 5.91 Å². The van der Waals surface area contributed by atoms with Gasteiger partial charge >= 0.3 is 0 Å². The molecule has 0 fully saturated rings. The molecule has 0 atom stereocenters. The zero-order valence-corrected chi connectivity index (χ0v) is 12.7. The number of nitrogens with one attached hydrogen (secondary N) is 1. The van der Waals surface area contributed by atoms with Crippen LogP contribution in [0.2, 0.25) is 0 Å². The minimum atomic E-state index is -0.877. The first kappa shape index (κ1) is 15.9. The highest BCUT2D eigenvalue weighted by Crippen LogP contribution is 2.14. The quantitative estimate of drug-likeness (QED) is 0.782. The van der Waals surface area contributed by atoms with Crippen LogP contribution in [0.5, 0.6) is 0 Å². The molecule has 122 valence electrons. The number of carbonyl (C=O) groups is 1. The summed E-state index contributed by atoms with van der Waals surface area (Å²) < 4.78 is 29.1. The van der Waals surface area contributed by atoms with Gasteiger partial charge in [0.15, 0.2) is 0 Å². The van der Waals surface area contributed by atoms with E-state index in [0.29, 0.717) is 6.54 Å². The summed E-state index contributed by atoms with van der Waals surface area (Å²) in [5.41, 5.74) is 1.26. The summed E-state index contributed by atoms with van der Waals surface area (Å²) in [4.78, 5) is 12.1. The van der Waals surface area contributed by atoms with E-state index in [1.807, 2.05) is 36.5 Å². The van der Waals surface area contributed by atoms with Crippen molar-refractivity contribution in [3.8, 4) is 0 Å². The summed E-state index contributed by atoms with van der Waals surface area (Å²) in [6.07, 6.45) is 3.52. The first-order valence-electron chi connectivity index (χ1n) is 7.41. The third kappa shape index (κ3) is 3.48. The van der Waals surface area contributed by atoms with Crippen molar-refractivity contribution < 1.29 is 13.6 Å². The molecule has 4 nitrogen and oxygen atoms in total. The molecule has 24 heavy (non-hydrogen) atoms. The molecule has 0 aliphatic rings. The van der Waals surface area contributed by atoms with Gasteiger partial charge in [0.1, 0.15) is 17.2 Å². The number of nitrogens with zero attached hydrogens (tertiary/aromatic N) is 2. The smallest absolute Gasteiger partial charge is 0.257 e. The lowest BCUT2D eigenvalue weighted by molar-refractivity contribution is 0.0942. The van der Waals surface area contributed by atoms with Gasteiger partial charge in [0.2, 0.25) is 0 Å². The molecular formula is C18H15F2N3O. The Kier molecular flexibility index (Phi) is 4.65. The Morgan fingerprint density at radius 2 is 1.71 bits per heavy atom. The van der Waals surface area contributed by atoms with Crippen LogP contribution in [0.25, 0.3) is 0 Å². The highest BCUT2D eigenvalue weighted by molar-refractivity contribution is 5.94. The summed E-state index contributed by atoms with van der Waals surface area (Å²) in [6.45, 7) is 0.719. The largest absolute Gasteiger partial charge is 0.348 e. The van der Waals surface area contributed by atoms with Crippen LogP contribution in [-0.4, -0.2) is 15.7 Å². The Morgan fingerprint density at radius 3 is 2.38 bits per heavy atom. The first-order chi connectivity index (χ1) is 11.6. The van der Waals surface area contributed by atoms with E-state index in [2.05, 4.69) is 10.4 Å². The van der Waals surface area contributed by atoms with E-state index in [1.165, 1.54) is 6.07 Å². The van der Waals surface area contributed by atoms with E-state index in [9.17, 15) is 13.6 Å². The summed E-state index contributed by atoms with van der Waals surface area (Å²) in [5.74, 6) is -2.53. The molecule has 3 aromatic rings. The Bertz CT molecular complexity index is 827. The molecule has 1 heterocycles. The molecule has 0 aliphatic carbocycles. The van der Waals surface area contributed by atoms with Crippen molar-refractivity contribution in [3.63, 3.8) is 0 Å². The third-order valence-corrected chi connectivity index (χ3v) is 3.64. The fourth-order valence-corrected chi connectivity index (χ4v) is 2.43. The van der Waals surface area contributed by atoms with Crippen LogP contribution in [0.4, 0.5) is 8.78 Å². The van der Waals surface area contributed by atoms with Crippen LogP contribution in [-0.2, 0) is 13.1 Å². The van der Waals surface area contributed by atoms with Crippen LogP contribution in [0, 0.1) is 11.6 Å². The molecule has 0 saturated carbocycles. The monoisotopic (exact) mass is 327 g/mol. The Balaban J connectivity index is 1.74. The second kappa shape index (κ2) is 7.04. The zero-order valence-electron chi connectivity index (χ0n) is 12.7. The van der Waals surface area contributed by atoms with Crippen LogP contribution in [0.3, 0.4) is 0 Å². The van der Waals surface area contributed by atoms with E-state index >= 15 is 0 Å². The summed E-state index contributed by atoms with van der Waals surface area (Å²) >= 11 is 0. The number of benzene rings is 2. The normalized spacial score (nSPS) is 10.6. The minimum absolute atomic E-state index is 0.171. The molecule has 0 spiro atoms. The highest BCUT2D eigenvalue weighted by Gasteiger charge is 2.16. The van der Waals surface area contributed by atoms with Crippen LogP contribution in [0.15, 0.2) is 60.9 Å². The number of rotatable bonds is 5. The van der Waals surface area contributed by atoms with Gasteiger partial charge in [-0.05, 0) is 29.3 Å². The predicted molar refractivity (Wildman–Crippen MR) is 85.3 cm³/mol. The molecule has 1 N–H and O–H groups in total. The van der Waals surface area contributed by atoms with Gasteiger partial charge < -0.3 is 5.32 Å². The van der Waals surface area contributed by atoms with Crippen LogP contribution < -0.4 is 5.32 Å². The molecule has 0 unspecified atom stereocenters. The standard InChI is InChI=1S/C18H15F2N3O/c19-15-7-3-8-16(20)17(15)18(24)21-11-13-5-1-2-6-14(13)12-23-10-4-9-22-23/h1-10H,11-12H2,(H,21,24). The minimum Gasteiger partial charge on any atom is -0.348 e. The Morgan fingerprint density at radius 1 is 1.00 bits per heavy atom. The fraction of sp³-hybridized carbons (Fsp3) is 0.111. The zero-order chi connectivity index (χ0) is 16.9. The van der Waals surface area contributed by atoms with Gasteiger partial charge in [-0.3, -0.25) is 9.48 Å². The molecule has 0 bridgehead atoms. The van der Waals surface area contributed by atoms with Crippen LogP contribution in [0.1, 0.15) is 21.5 Å². The Hall–Kier alpha value is -3.02.